The van der Waals surface area contributed by atoms with Crippen molar-refractivity contribution in [1.29, 1.82) is 0 Å². The van der Waals surface area contributed by atoms with Crippen LogP contribution in [-0.2, 0) is 19.6 Å². The number of hydrogen-bond acceptors (Lipinski definition) is 6. The van der Waals surface area contributed by atoms with Crippen molar-refractivity contribution >= 4 is 11.0 Å². The maximum absolute atomic E-state index is 11.9. The summed E-state index contributed by atoms with van der Waals surface area (Å²) in [5.41, 5.74) is 0.929. The average molecular weight is 366 g/mol. The van der Waals surface area contributed by atoms with Crippen LogP contribution in [0.1, 0.15) is 48.8 Å². The highest BCUT2D eigenvalue weighted by atomic mass is 16.4. The number of fused-ring (bicyclic) bond motifs is 2. The van der Waals surface area contributed by atoms with Crippen molar-refractivity contribution in [1.82, 2.24) is 19.7 Å². The molecule has 0 amide bonds. The van der Waals surface area contributed by atoms with E-state index in [1.165, 1.54) is 31.7 Å². The van der Waals surface area contributed by atoms with Crippen molar-refractivity contribution in [3.8, 4) is 5.75 Å². The molecule has 0 atom stereocenters. The molecule has 7 nitrogen and oxygen atoms in total. The smallest absolute Gasteiger partial charge is 0.336 e. The van der Waals surface area contributed by atoms with Crippen LogP contribution in [0.25, 0.3) is 11.0 Å². The van der Waals surface area contributed by atoms with Crippen LogP contribution in [0.5, 0.6) is 5.75 Å². The highest BCUT2D eigenvalue weighted by Crippen LogP contribution is 2.34. The number of nitrogens with zero attached hydrogens (tertiary/aromatic N) is 4. The van der Waals surface area contributed by atoms with Crippen LogP contribution in [0.2, 0.25) is 0 Å². The predicted molar refractivity (Wildman–Crippen MR) is 99.5 cm³/mol. The molecule has 0 unspecified atom stereocenters. The van der Waals surface area contributed by atoms with Gasteiger partial charge in [-0.15, -0.1) is 10.2 Å². The fourth-order valence-electron chi connectivity index (χ4n) is 4.44. The molecule has 0 saturated heterocycles. The van der Waals surface area contributed by atoms with Crippen molar-refractivity contribution in [2.24, 2.45) is 0 Å². The fraction of sp³-hybridized carbons (Fsp3) is 0.450. The van der Waals surface area contributed by atoms with Crippen LogP contribution < -0.4 is 5.63 Å². The lowest BCUT2D eigenvalue weighted by molar-refractivity contribution is 0.206. The zero-order valence-corrected chi connectivity index (χ0v) is 15.1. The van der Waals surface area contributed by atoms with Crippen LogP contribution in [0.4, 0.5) is 0 Å². The zero-order chi connectivity index (χ0) is 18.4. The van der Waals surface area contributed by atoms with E-state index in [0.717, 1.165) is 42.2 Å². The molecule has 0 radical (unpaired) electrons. The first-order chi connectivity index (χ1) is 13.2. The van der Waals surface area contributed by atoms with E-state index in [9.17, 15) is 9.90 Å². The number of phenolic OH excluding ortho intramolecular Hbond substituents is 1. The minimum Gasteiger partial charge on any atom is -0.508 e. The summed E-state index contributed by atoms with van der Waals surface area (Å²) in [6, 6.07) is 6.45. The minimum atomic E-state index is -0.396. The minimum absolute atomic E-state index is 0.0910. The van der Waals surface area contributed by atoms with Gasteiger partial charge in [-0.05, 0) is 30.5 Å². The first-order valence-corrected chi connectivity index (χ1v) is 9.57. The third kappa shape index (κ3) is 3.02. The largest absolute Gasteiger partial charge is 0.508 e. The Morgan fingerprint density at radius 2 is 2.00 bits per heavy atom. The molecule has 140 valence electrons. The molecule has 0 bridgehead atoms. The Morgan fingerprint density at radius 3 is 2.85 bits per heavy atom. The lowest BCUT2D eigenvalue weighted by Crippen LogP contribution is -2.34. The van der Waals surface area contributed by atoms with Gasteiger partial charge in [0.25, 0.3) is 0 Å². The second-order valence-corrected chi connectivity index (χ2v) is 7.59. The summed E-state index contributed by atoms with van der Waals surface area (Å²) < 4.78 is 7.52. The van der Waals surface area contributed by atoms with Crippen LogP contribution in [0.3, 0.4) is 0 Å². The number of aromatic hydroxyl groups is 1. The monoisotopic (exact) mass is 366 g/mol. The Morgan fingerprint density at radius 1 is 1.15 bits per heavy atom. The Labute approximate surface area is 156 Å². The topological polar surface area (TPSA) is 84.4 Å². The molecule has 3 heterocycles. The van der Waals surface area contributed by atoms with E-state index in [1.54, 1.807) is 18.2 Å². The zero-order valence-electron chi connectivity index (χ0n) is 15.1. The van der Waals surface area contributed by atoms with Crippen molar-refractivity contribution in [3.63, 3.8) is 0 Å². The number of aromatic nitrogens is 3. The maximum atomic E-state index is 11.9. The van der Waals surface area contributed by atoms with Gasteiger partial charge in [0.15, 0.2) is 0 Å². The molecule has 1 fully saturated rings. The Kier molecular flexibility index (Phi) is 3.97. The molecular formula is C20H22N4O3. The third-order valence-electron chi connectivity index (χ3n) is 5.79. The van der Waals surface area contributed by atoms with Crippen molar-refractivity contribution < 1.29 is 9.52 Å². The second-order valence-electron chi connectivity index (χ2n) is 7.59. The van der Waals surface area contributed by atoms with E-state index in [1.807, 2.05) is 0 Å². The van der Waals surface area contributed by atoms with Crippen molar-refractivity contribution in [2.45, 2.75) is 51.2 Å². The number of phenols is 1. The molecule has 1 aromatic carbocycles. The Balaban J connectivity index is 1.40. The van der Waals surface area contributed by atoms with Gasteiger partial charge in [-0.3, -0.25) is 4.90 Å². The van der Waals surface area contributed by atoms with E-state index in [2.05, 4.69) is 19.7 Å². The Bertz CT molecular complexity index is 1050. The highest BCUT2D eigenvalue weighted by Gasteiger charge is 2.27. The summed E-state index contributed by atoms with van der Waals surface area (Å²) in [6.07, 6.45) is 5.03. The van der Waals surface area contributed by atoms with Crippen LogP contribution in [0.15, 0.2) is 33.5 Å². The van der Waals surface area contributed by atoms with Crippen LogP contribution in [0, 0.1) is 0 Å². The summed E-state index contributed by atoms with van der Waals surface area (Å²) in [6.45, 7) is 3.14. The quantitative estimate of drug-likeness (QED) is 0.718. The lowest BCUT2D eigenvalue weighted by Gasteiger charge is -2.28. The van der Waals surface area contributed by atoms with Crippen molar-refractivity contribution in [3.05, 3.63) is 51.9 Å². The standard InChI is InChI=1S/C20H22N4O3/c25-15-5-6-16-14(9-19(26)27-17(16)10-15)11-23-7-8-24-18(12-23)21-22-20(24)13-3-1-2-4-13/h5-6,9-10,13,25H,1-4,7-8,11-12H2. The molecule has 27 heavy (non-hydrogen) atoms. The molecule has 1 aliphatic carbocycles. The molecule has 1 aliphatic heterocycles. The summed E-state index contributed by atoms with van der Waals surface area (Å²) >= 11 is 0. The van der Waals surface area contributed by atoms with Gasteiger partial charge < -0.3 is 14.1 Å². The molecule has 0 spiro atoms. The first-order valence-electron chi connectivity index (χ1n) is 9.57. The van der Waals surface area contributed by atoms with Gasteiger partial charge >= 0.3 is 5.63 Å². The summed E-state index contributed by atoms with van der Waals surface area (Å²) in [5, 5.41) is 19.4. The molecule has 1 saturated carbocycles. The van der Waals surface area contributed by atoms with Crippen LogP contribution >= 0.6 is 0 Å². The van der Waals surface area contributed by atoms with E-state index in [0.29, 0.717) is 18.0 Å². The SMILES string of the molecule is O=c1cc(CN2CCn3c(nnc3C3CCCC3)C2)c2ccc(O)cc2o1. The first kappa shape index (κ1) is 16.5. The van der Waals surface area contributed by atoms with Gasteiger partial charge in [0.2, 0.25) is 0 Å². The predicted octanol–water partition coefficient (Wildman–Crippen LogP) is 2.76. The second kappa shape index (κ2) is 6.49. The molecule has 3 aromatic rings. The lowest BCUT2D eigenvalue weighted by atomic mass is 10.1. The van der Waals surface area contributed by atoms with Crippen LogP contribution in [-0.4, -0.2) is 31.3 Å². The van der Waals surface area contributed by atoms with E-state index >= 15 is 0 Å². The van der Waals surface area contributed by atoms with Crippen molar-refractivity contribution in [2.75, 3.05) is 6.54 Å². The maximum Gasteiger partial charge on any atom is 0.336 e. The molecule has 7 heteroatoms. The average Bonchev–Trinajstić information content (AvgIpc) is 3.30. The van der Waals surface area contributed by atoms with E-state index in [-0.39, 0.29) is 5.75 Å². The molecule has 2 aromatic heterocycles. The molecule has 1 N–H and O–H groups in total. The van der Waals surface area contributed by atoms with Gasteiger partial charge in [-0.1, -0.05) is 12.8 Å². The normalized spacial score (nSPS) is 18.2. The number of hydrogen-bond donors (Lipinski definition) is 1. The molecule has 2 aliphatic rings. The number of rotatable bonds is 3. The summed E-state index contributed by atoms with van der Waals surface area (Å²) in [4.78, 5) is 14.2. The van der Waals surface area contributed by atoms with Gasteiger partial charge in [0.1, 0.15) is 23.0 Å². The summed E-state index contributed by atoms with van der Waals surface area (Å²) in [7, 11) is 0. The van der Waals surface area contributed by atoms with E-state index in [4.69, 9.17) is 4.42 Å². The van der Waals surface area contributed by atoms with E-state index < -0.39 is 5.63 Å². The van der Waals surface area contributed by atoms with Gasteiger partial charge in [-0.2, -0.15) is 0 Å². The fourth-order valence-corrected chi connectivity index (χ4v) is 4.44. The number of benzene rings is 1. The van der Waals surface area contributed by atoms with Gasteiger partial charge in [0.05, 0.1) is 6.54 Å². The highest BCUT2D eigenvalue weighted by molar-refractivity contribution is 5.81. The summed E-state index contributed by atoms with van der Waals surface area (Å²) in [5.74, 6) is 2.82. The van der Waals surface area contributed by atoms with Gasteiger partial charge in [0, 0.05) is 43.1 Å². The van der Waals surface area contributed by atoms with Gasteiger partial charge in [-0.25, -0.2) is 4.79 Å². The third-order valence-corrected chi connectivity index (χ3v) is 5.79. The molecule has 5 rings (SSSR count). The Hall–Kier alpha value is -2.67. The molecular weight excluding hydrogens is 344 g/mol.